The molecule has 0 aliphatic carbocycles. The van der Waals surface area contributed by atoms with E-state index in [9.17, 15) is 4.39 Å². The Hall–Kier alpha value is -8.68. The fourth-order valence-corrected chi connectivity index (χ4v) is 10.0. The molecule has 4 heterocycles. The molecule has 65 heavy (non-hydrogen) atoms. The first kappa shape index (κ1) is 36.9. The summed E-state index contributed by atoms with van der Waals surface area (Å²) >= 11 is 0. The first-order valence-electron chi connectivity index (χ1n) is 21.8. The lowest BCUT2D eigenvalue weighted by atomic mass is 10.0. The molecule has 13 rings (SSSR count). The monoisotopic (exact) mass is 836 g/mol. The number of para-hydroxylation sites is 3. The van der Waals surface area contributed by atoms with Crippen LogP contribution in [0.1, 0.15) is 5.56 Å². The first-order valence-corrected chi connectivity index (χ1v) is 21.8. The number of aryl methyl sites for hydroxylation is 1. The van der Waals surface area contributed by atoms with Crippen LogP contribution in [0.5, 0.6) is 0 Å². The summed E-state index contributed by atoms with van der Waals surface area (Å²) in [4.78, 5) is 15.0. The van der Waals surface area contributed by atoms with Crippen LogP contribution >= 0.6 is 0 Å². The lowest BCUT2D eigenvalue weighted by Gasteiger charge is -2.14. The molecule has 0 amide bonds. The van der Waals surface area contributed by atoms with Gasteiger partial charge in [-0.2, -0.15) is 0 Å². The largest absolute Gasteiger partial charge is 0.308 e. The van der Waals surface area contributed by atoms with Crippen molar-refractivity contribution in [3.8, 4) is 51.2 Å². The van der Waals surface area contributed by atoms with Crippen molar-refractivity contribution in [1.82, 2.24) is 28.7 Å². The van der Waals surface area contributed by atoms with Crippen LogP contribution in [-0.2, 0) is 0 Å². The smallest absolute Gasteiger partial charge is 0.164 e. The van der Waals surface area contributed by atoms with Gasteiger partial charge in [0.25, 0.3) is 0 Å². The maximum absolute atomic E-state index is 14.7. The molecule has 0 saturated heterocycles. The average Bonchev–Trinajstić information content (AvgIpc) is 4.01. The highest BCUT2D eigenvalue weighted by Gasteiger charge is 2.29. The van der Waals surface area contributed by atoms with Crippen molar-refractivity contribution in [1.29, 1.82) is 0 Å². The summed E-state index contributed by atoms with van der Waals surface area (Å²) in [6.07, 6.45) is 0. The van der Waals surface area contributed by atoms with E-state index in [0.29, 0.717) is 17.5 Å². The summed E-state index contributed by atoms with van der Waals surface area (Å²) in [7, 11) is 0. The van der Waals surface area contributed by atoms with Crippen molar-refractivity contribution < 1.29 is 4.39 Å². The molecule has 0 aliphatic heterocycles. The summed E-state index contributed by atoms with van der Waals surface area (Å²) in [5.74, 6) is 1.56. The van der Waals surface area contributed by atoms with E-state index in [1.54, 1.807) is 12.1 Å². The highest BCUT2D eigenvalue weighted by molar-refractivity contribution is 6.40. The van der Waals surface area contributed by atoms with E-state index in [0.717, 1.165) is 99.2 Å². The van der Waals surface area contributed by atoms with Gasteiger partial charge in [-0.15, -0.1) is 0 Å². The molecule has 0 atom stereocenters. The molecule has 0 radical (unpaired) electrons. The molecular weight excluding hydrogens is 800 g/mol. The van der Waals surface area contributed by atoms with Crippen LogP contribution in [0.3, 0.4) is 0 Å². The molecular formula is C58H37FN6. The number of aromatic nitrogens is 6. The normalized spacial score (nSPS) is 11.8. The van der Waals surface area contributed by atoms with E-state index >= 15 is 0 Å². The van der Waals surface area contributed by atoms with Gasteiger partial charge in [0.1, 0.15) is 5.82 Å². The Balaban J connectivity index is 1.16. The molecule has 0 unspecified atom stereocenters. The zero-order valence-electron chi connectivity index (χ0n) is 35.2. The van der Waals surface area contributed by atoms with E-state index in [2.05, 4.69) is 142 Å². The summed E-state index contributed by atoms with van der Waals surface area (Å²) in [6, 6.07) is 70.5. The minimum absolute atomic E-state index is 0.272. The lowest BCUT2D eigenvalue weighted by Crippen LogP contribution is -2.00. The van der Waals surface area contributed by atoms with Gasteiger partial charge in [0, 0.05) is 66.1 Å². The lowest BCUT2D eigenvalue weighted by molar-refractivity contribution is 0.627. The standard InChI is InChI=1S/C58H37FN6/c1-36-15-14-20-43(35-36)65-49-26-13-10-23-46(49)52-54-50(44-21-8-12-25-48(44)64(54)42-33-29-40(59)30-34-42)53-51(55(52)65)45-22-9-11-24-47(45)63(53)41-31-27-39(28-32-41)58-61-56(37-16-4-2-5-17-37)60-57(62-58)38-18-6-3-7-19-38/h2-35H,1H3. The predicted octanol–water partition coefficient (Wildman–Crippen LogP) is 14.6. The Morgan fingerprint density at radius 3 is 1.14 bits per heavy atom. The number of nitrogens with zero attached hydrogens (tertiary/aromatic N) is 6. The molecule has 13 aromatic rings. The molecule has 0 aliphatic rings. The van der Waals surface area contributed by atoms with Crippen molar-refractivity contribution in [2.75, 3.05) is 0 Å². The number of hydrogen-bond donors (Lipinski definition) is 0. The van der Waals surface area contributed by atoms with Crippen molar-refractivity contribution in [3.63, 3.8) is 0 Å². The Kier molecular flexibility index (Phi) is 8.20. The number of halogens is 1. The maximum Gasteiger partial charge on any atom is 0.164 e. The Labute approximate surface area is 372 Å². The third-order valence-electron chi connectivity index (χ3n) is 12.8. The van der Waals surface area contributed by atoms with Gasteiger partial charge in [0.15, 0.2) is 17.5 Å². The third kappa shape index (κ3) is 5.69. The number of rotatable bonds is 6. The van der Waals surface area contributed by atoms with Crippen LogP contribution in [0.25, 0.3) is 117 Å². The van der Waals surface area contributed by atoms with Crippen LogP contribution in [0.15, 0.2) is 206 Å². The second-order valence-corrected chi connectivity index (χ2v) is 16.6. The Morgan fingerprint density at radius 1 is 0.338 bits per heavy atom. The van der Waals surface area contributed by atoms with Crippen molar-refractivity contribution in [2.24, 2.45) is 0 Å². The Morgan fingerprint density at radius 2 is 0.708 bits per heavy atom. The molecule has 0 fully saturated rings. The van der Waals surface area contributed by atoms with Crippen molar-refractivity contribution in [3.05, 3.63) is 218 Å². The van der Waals surface area contributed by atoms with Gasteiger partial charge in [-0.1, -0.05) is 127 Å². The number of hydrogen-bond acceptors (Lipinski definition) is 3. The summed E-state index contributed by atoms with van der Waals surface area (Å²) < 4.78 is 21.9. The highest BCUT2D eigenvalue weighted by Crippen LogP contribution is 2.50. The quantitative estimate of drug-likeness (QED) is 0.168. The topological polar surface area (TPSA) is 53.5 Å². The van der Waals surface area contributed by atoms with E-state index in [1.165, 1.54) is 5.56 Å². The summed E-state index contributed by atoms with van der Waals surface area (Å²) in [5, 5.41) is 6.82. The predicted molar refractivity (Wildman–Crippen MR) is 264 cm³/mol. The minimum atomic E-state index is -0.272. The Bertz CT molecular complexity index is 3940. The van der Waals surface area contributed by atoms with Gasteiger partial charge in [-0.3, -0.25) is 0 Å². The second kappa shape index (κ2) is 14.4. The third-order valence-corrected chi connectivity index (χ3v) is 12.8. The van der Waals surface area contributed by atoms with E-state index < -0.39 is 0 Å². The van der Waals surface area contributed by atoms with E-state index in [4.69, 9.17) is 15.0 Å². The van der Waals surface area contributed by atoms with E-state index in [1.807, 2.05) is 72.8 Å². The van der Waals surface area contributed by atoms with E-state index in [-0.39, 0.29) is 5.82 Å². The number of fused-ring (bicyclic) bond motifs is 12. The van der Waals surface area contributed by atoms with Crippen molar-refractivity contribution >= 4 is 65.4 Å². The fraction of sp³-hybridized carbons (Fsp3) is 0.0172. The molecule has 0 bridgehead atoms. The molecule has 7 heteroatoms. The average molecular weight is 837 g/mol. The van der Waals surface area contributed by atoms with Gasteiger partial charge >= 0.3 is 0 Å². The first-order chi connectivity index (χ1) is 32.1. The molecule has 0 N–H and O–H groups in total. The maximum atomic E-state index is 14.7. The fourth-order valence-electron chi connectivity index (χ4n) is 10.0. The minimum Gasteiger partial charge on any atom is -0.308 e. The number of benzene rings is 9. The molecule has 6 nitrogen and oxygen atoms in total. The molecule has 306 valence electrons. The van der Waals surface area contributed by atoms with Crippen LogP contribution in [-0.4, -0.2) is 28.7 Å². The SMILES string of the molecule is Cc1cccc(-n2c3ccccc3c3c4c(c5ccccc5n4-c4ccc(F)cc4)c4c(c5ccccc5n4-c4ccc(-c5nc(-c6ccccc6)nc(-c6ccccc6)n5)cc4)c32)c1. The van der Waals surface area contributed by atoms with Crippen LogP contribution in [0.4, 0.5) is 4.39 Å². The van der Waals surface area contributed by atoms with Crippen LogP contribution < -0.4 is 0 Å². The highest BCUT2D eigenvalue weighted by atomic mass is 19.1. The van der Waals surface area contributed by atoms with Crippen molar-refractivity contribution in [2.45, 2.75) is 6.92 Å². The van der Waals surface area contributed by atoms with Gasteiger partial charge in [-0.25, -0.2) is 19.3 Å². The van der Waals surface area contributed by atoms with Gasteiger partial charge in [0.05, 0.1) is 33.1 Å². The second-order valence-electron chi connectivity index (χ2n) is 16.6. The summed E-state index contributed by atoms with van der Waals surface area (Å²) in [5.41, 5.74) is 13.4. The van der Waals surface area contributed by atoms with Crippen LogP contribution in [0, 0.1) is 12.7 Å². The molecule has 4 aromatic heterocycles. The molecule has 0 spiro atoms. The molecule has 0 saturated carbocycles. The van der Waals surface area contributed by atoms with Gasteiger partial charge in [-0.05, 0) is 91.3 Å². The van der Waals surface area contributed by atoms with Crippen LogP contribution in [0.2, 0.25) is 0 Å². The molecule has 9 aromatic carbocycles. The van der Waals surface area contributed by atoms with Gasteiger partial charge in [0.2, 0.25) is 0 Å². The summed E-state index contributed by atoms with van der Waals surface area (Å²) in [6.45, 7) is 2.15. The zero-order valence-corrected chi connectivity index (χ0v) is 35.2. The zero-order chi connectivity index (χ0) is 43.2. The van der Waals surface area contributed by atoms with Gasteiger partial charge < -0.3 is 13.7 Å².